The third-order valence-electron chi connectivity index (χ3n) is 5.95. The van der Waals surface area contributed by atoms with Gasteiger partial charge >= 0.3 is 5.97 Å². The molecule has 0 fully saturated rings. The van der Waals surface area contributed by atoms with Crippen molar-refractivity contribution < 1.29 is 19.7 Å². The average Bonchev–Trinajstić information content (AvgIpc) is 2.81. The van der Waals surface area contributed by atoms with Crippen LogP contribution in [0.25, 0.3) is 0 Å². The number of cyclic esters (lactones) is 1. The molecule has 4 heteroatoms. The maximum absolute atomic E-state index is 13.1. The molecule has 0 aromatic heterocycles. The zero-order valence-corrected chi connectivity index (χ0v) is 17.3. The monoisotopic (exact) mass is 414 g/mol. The van der Waals surface area contributed by atoms with Crippen molar-refractivity contribution >= 4 is 5.97 Å². The van der Waals surface area contributed by atoms with Gasteiger partial charge in [0.2, 0.25) is 0 Å². The Labute approximate surface area is 182 Å². The number of carbonyl (C=O) groups is 1. The molecule has 0 saturated heterocycles. The lowest BCUT2D eigenvalue weighted by atomic mass is 9.81. The summed E-state index contributed by atoms with van der Waals surface area (Å²) in [6, 6.07) is 27.1. The molecule has 1 aliphatic rings. The van der Waals surface area contributed by atoms with Gasteiger partial charge in [-0.3, -0.25) is 0 Å². The van der Waals surface area contributed by atoms with Crippen LogP contribution in [0.5, 0.6) is 0 Å². The van der Waals surface area contributed by atoms with Crippen LogP contribution in [0.2, 0.25) is 0 Å². The number of benzene rings is 3. The summed E-state index contributed by atoms with van der Waals surface area (Å²) in [6.07, 6.45) is 1.74. The van der Waals surface area contributed by atoms with Gasteiger partial charge in [0, 0.05) is 12.8 Å². The first-order valence-corrected chi connectivity index (χ1v) is 10.5. The molecule has 0 amide bonds. The van der Waals surface area contributed by atoms with Crippen molar-refractivity contribution in [3.05, 3.63) is 119 Å². The zero-order chi connectivity index (χ0) is 21.7. The molecule has 1 aliphatic heterocycles. The first-order chi connectivity index (χ1) is 15.1. The van der Waals surface area contributed by atoms with Crippen LogP contribution in [-0.2, 0) is 34.6 Å². The van der Waals surface area contributed by atoms with E-state index in [-0.39, 0.29) is 30.8 Å². The molecule has 3 aromatic carbocycles. The Morgan fingerprint density at radius 2 is 1.45 bits per heavy atom. The van der Waals surface area contributed by atoms with Crippen molar-refractivity contribution in [3.63, 3.8) is 0 Å². The Bertz CT molecular complexity index is 1070. The number of esters is 1. The van der Waals surface area contributed by atoms with E-state index in [2.05, 4.69) is 12.1 Å². The summed E-state index contributed by atoms with van der Waals surface area (Å²) in [5, 5.41) is 20.6. The van der Waals surface area contributed by atoms with E-state index < -0.39 is 11.6 Å². The number of hydrogen-bond donors (Lipinski definition) is 2. The minimum absolute atomic E-state index is 0.0564. The molecular formula is C27H26O4. The van der Waals surface area contributed by atoms with E-state index >= 15 is 0 Å². The van der Waals surface area contributed by atoms with Crippen LogP contribution in [0.3, 0.4) is 0 Å². The summed E-state index contributed by atoms with van der Waals surface area (Å²) < 4.78 is 6.09. The minimum atomic E-state index is -0.918. The van der Waals surface area contributed by atoms with Gasteiger partial charge in [-0.15, -0.1) is 0 Å². The fourth-order valence-corrected chi connectivity index (χ4v) is 4.20. The predicted octanol–water partition coefficient (Wildman–Crippen LogP) is 5.01. The van der Waals surface area contributed by atoms with Gasteiger partial charge in [0.05, 0.1) is 12.2 Å². The van der Waals surface area contributed by atoms with Crippen molar-refractivity contribution in [1.82, 2.24) is 0 Å². The lowest BCUT2D eigenvalue weighted by Crippen LogP contribution is -2.39. The molecule has 4 rings (SSSR count). The Morgan fingerprint density at radius 3 is 2.10 bits per heavy atom. The zero-order valence-electron chi connectivity index (χ0n) is 17.3. The number of rotatable bonds is 7. The van der Waals surface area contributed by atoms with Crippen molar-refractivity contribution in [2.45, 2.75) is 37.9 Å². The summed E-state index contributed by atoms with van der Waals surface area (Å²) in [5.74, 6) is -0.450. The maximum Gasteiger partial charge on any atom is 0.338 e. The summed E-state index contributed by atoms with van der Waals surface area (Å²) >= 11 is 0. The van der Waals surface area contributed by atoms with Crippen LogP contribution in [0.1, 0.15) is 35.1 Å². The molecule has 0 radical (unpaired) electrons. The van der Waals surface area contributed by atoms with Gasteiger partial charge in [-0.1, -0.05) is 84.9 Å². The number of carbonyl (C=O) groups excluding carboxylic acids is 1. The highest BCUT2D eigenvalue weighted by atomic mass is 16.6. The fourth-order valence-electron chi connectivity index (χ4n) is 4.20. The molecule has 3 aromatic rings. The topological polar surface area (TPSA) is 66.8 Å². The number of aliphatic hydroxyl groups is 2. The minimum Gasteiger partial charge on any atom is -0.512 e. The highest BCUT2D eigenvalue weighted by Gasteiger charge is 2.43. The third-order valence-corrected chi connectivity index (χ3v) is 5.95. The van der Waals surface area contributed by atoms with E-state index in [1.807, 2.05) is 72.8 Å². The first-order valence-electron chi connectivity index (χ1n) is 10.5. The van der Waals surface area contributed by atoms with Crippen LogP contribution >= 0.6 is 0 Å². The quantitative estimate of drug-likeness (QED) is 0.534. The molecule has 1 unspecified atom stereocenters. The van der Waals surface area contributed by atoms with Gasteiger partial charge in [0.1, 0.15) is 11.4 Å². The molecule has 0 aliphatic carbocycles. The van der Waals surface area contributed by atoms with E-state index in [0.717, 1.165) is 28.7 Å². The fraction of sp³-hybridized carbons (Fsp3) is 0.222. The van der Waals surface area contributed by atoms with E-state index in [1.165, 1.54) is 0 Å². The maximum atomic E-state index is 13.1. The standard InChI is InChI=1S/C27H26O4/c28-19-22-12-8-7-11-21(22)17-24-25(29)18-27(31-26(24)30,23-13-5-2-6-14-23)16-15-20-9-3-1-4-10-20/h1-14,28-29H,15-19H2. The van der Waals surface area contributed by atoms with Crippen LogP contribution in [0.4, 0.5) is 0 Å². The Kier molecular flexibility index (Phi) is 6.19. The van der Waals surface area contributed by atoms with E-state index in [4.69, 9.17) is 4.74 Å². The third kappa shape index (κ3) is 4.54. The van der Waals surface area contributed by atoms with Gasteiger partial charge in [-0.05, 0) is 35.1 Å². The van der Waals surface area contributed by atoms with E-state index in [1.54, 1.807) is 0 Å². The largest absolute Gasteiger partial charge is 0.512 e. The van der Waals surface area contributed by atoms with Crippen molar-refractivity contribution in [1.29, 1.82) is 0 Å². The van der Waals surface area contributed by atoms with Gasteiger partial charge < -0.3 is 14.9 Å². The summed E-state index contributed by atoms with van der Waals surface area (Å²) in [6.45, 7) is -0.121. The number of ether oxygens (including phenoxy) is 1. The summed E-state index contributed by atoms with van der Waals surface area (Å²) in [7, 11) is 0. The van der Waals surface area contributed by atoms with Gasteiger partial charge in [-0.25, -0.2) is 4.79 Å². The number of aryl methyl sites for hydroxylation is 1. The molecule has 0 spiro atoms. The van der Waals surface area contributed by atoms with Crippen LogP contribution < -0.4 is 0 Å². The predicted molar refractivity (Wildman–Crippen MR) is 119 cm³/mol. The second-order valence-corrected chi connectivity index (χ2v) is 7.94. The van der Waals surface area contributed by atoms with E-state index in [0.29, 0.717) is 6.42 Å². The second kappa shape index (κ2) is 9.19. The second-order valence-electron chi connectivity index (χ2n) is 7.94. The smallest absolute Gasteiger partial charge is 0.338 e. The van der Waals surface area contributed by atoms with Gasteiger partial charge in [0.15, 0.2) is 0 Å². The van der Waals surface area contributed by atoms with Gasteiger partial charge in [-0.2, -0.15) is 0 Å². The lowest BCUT2D eigenvalue weighted by molar-refractivity contribution is -0.161. The molecule has 0 bridgehead atoms. The molecule has 2 N–H and O–H groups in total. The highest BCUT2D eigenvalue weighted by Crippen LogP contribution is 2.42. The SMILES string of the molecule is O=C1OC(CCc2ccccc2)(c2ccccc2)CC(O)=C1Cc1ccccc1CO. The summed E-state index contributed by atoms with van der Waals surface area (Å²) in [4.78, 5) is 13.1. The molecular weight excluding hydrogens is 388 g/mol. The van der Waals surface area contributed by atoms with Crippen molar-refractivity contribution in [3.8, 4) is 0 Å². The molecule has 1 heterocycles. The molecule has 1 atom stereocenters. The number of aliphatic hydroxyl groups excluding tert-OH is 2. The molecule has 31 heavy (non-hydrogen) atoms. The first kappa shape index (κ1) is 20.9. The Hall–Kier alpha value is -3.37. The van der Waals surface area contributed by atoms with Crippen LogP contribution in [0, 0.1) is 0 Å². The van der Waals surface area contributed by atoms with Crippen LogP contribution in [0.15, 0.2) is 96.3 Å². The van der Waals surface area contributed by atoms with Crippen molar-refractivity contribution in [2.75, 3.05) is 0 Å². The molecule has 4 nitrogen and oxygen atoms in total. The lowest BCUT2D eigenvalue weighted by Gasteiger charge is -2.38. The highest BCUT2D eigenvalue weighted by molar-refractivity contribution is 5.91. The van der Waals surface area contributed by atoms with Crippen LogP contribution in [-0.4, -0.2) is 16.2 Å². The average molecular weight is 415 g/mol. The van der Waals surface area contributed by atoms with E-state index in [9.17, 15) is 15.0 Å². The van der Waals surface area contributed by atoms with Gasteiger partial charge in [0.25, 0.3) is 0 Å². The normalized spacial score (nSPS) is 18.7. The Morgan fingerprint density at radius 1 is 0.839 bits per heavy atom. The number of hydrogen-bond acceptors (Lipinski definition) is 4. The Balaban J connectivity index is 1.65. The molecule has 158 valence electrons. The molecule has 0 saturated carbocycles. The van der Waals surface area contributed by atoms with Crippen molar-refractivity contribution in [2.24, 2.45) is 0 Å². The summed E-state index contributed by atoms with van der Waals surface area (Å²) in [5.41, 5.74) is 2.91.